The Bertz CT molecular complexity index is 1250. The van der Waals surface area contributed by atoms with Crippen LogP contribution in [0.2, 0.25) is 0 Å². The van der Waals surface area contributed by atoms with E-state index in [0.717, 1.165) is 16.8 Å². The molecule has 3 aromatic carbocycles. The van der Waals surface area contributed by atoms with Crippen LogP contribution < -0.4 is 9.62 Å². The maximum Gasteiger partial charge on any atom is 0.254 e. The highest BCUT2D eigenvalue weighted by atomic mass is 32.2. The van der Waals surface area contributed by atoms with Gasteiger partial charge in [0, 0.05) is 37.6 Å². The minimum Gasteiger partial charge on any atom is -0.377 e. The average molecular weight is 498 g/mol. The summed E-state index contributed by atoms with van der Waals surface area (Å²) in [6.07, 6.45) is 0.506. The second kappa shape index (κ2) is 11.4. The molecule has 0 unspecified atom stereocenters. The van der Waals surface area contributed by atoms with Crippen molar-refractivity contribution in [1.29, 1.82) is 0 Å². The van der Waals surface area contributed by atoms with Gasteiger partial charge in [0.25, 0.3) is 5.91 Å². The van der Waals surface area contributed by atoms with Gasteiger partial charge in [0.2, 0.25) is 10.0 Å². The van der Waals surface area contributed by atoms with E-state index in [1.807, 2.05) is 69.2 Å². The van der Waals surface area contributed by atoms with Crippen molar-refractivity contribution in [3.63, 3.8) is 0 Å². The summed E-state index contributed by atoms with van der Waals surface area (Å²) in [4.78, 5) is 17.3. The molecule has 0 saturated carbocycles. The number of nitrogens with one attached hydrogen (secondary N) is 1. The highest BCUT2D eigenvalue weighted by molar-refractivity contribution is 7.92. The molecule has 0 bridgehead atoms. The number of carbonyl (C=O) groups excluding carboxylic acids is 1. The number of sulfonamides is 1. The number of amides is 1. The molecule has 1 amide bonds. The summed E-state index contributed by atoms with van der Waals surface area (Å²) in [6.45, 7) is 3.98. The predicted molar refractivity (Wildman–Crippen MR) is 140 cm³/mol. The molecule has 0 heterocycles. The number of rotatable bonds is 10. The molecular formula is C27H32FN3O3S. The zero-order chi connectivity index (χ0) is 25.6. The highest BCUT2D eigenvalue weighted by Gasteiger charge is 2.25. The van der Waals surface area contributed by atoms with Crippen LogP contribution in [0, 0.1) is 5.82 Å². The van der Waals surface area contributed by atoms with Crippen LogP contribution in [0.1, 0.15) is 47.8 Å². The Hall–Kier alpha value is -3.39. The number of hydrogen-bond donors (Lipinski definition) is 1. The summed E-state index contributed by atoms with van der Waals surface area (Å²) in [7, 11) is 0.325. The monoisotopic (exact) mass is 497 g/mol. The van der Waals surface area contributed by atoms with E-state index in [9.17, 15) is 17.6 Å². The van der Waals surface area contributed by atoms with Crippen LogP contribution >= 0.6 is 0 Å². The zero-order valence-electron chi connectivity index (χ0n) is 20.5. The van der Waals surface area contributed by atoms with E-state index in [1.165, 1.54) is 24.3 Å². The standard InChI is InChI=1S/C27H32FN3O3S/c1-5-17-35(33,34)29-25-15-16-26(30(3)4)23(18-25)19-31(20(2)21-9-7-6-8-10-21)27(32)22-11-13-24(28)14-12-22/h6-16,18,20,29H,5,17,19H2,1-4H3/t20-/m1/s1. The van der Waals surface area contributed by atoms with Gasteiger partial charge in [-0.3, -0.25) is 9.52 Å². The predicted octanol–water partition coefficient (Wildman–Crippen LogP) is 5.45. The smallest absolute Gasteiger partial charge is 0.254 e. The van der Waals surface area contributed by atoms with Crippen LogP contribution in [0.3, 0.4) is 0 Å². The third-order valence-corrected chi connectivity index (χ3v) is 7.24. The Morgan fingerprint density at radius 2 is 1.66 bits per heavy atom. The molecular weight excluding hydrogens is 465 g/mol. The lowest BCUT2D eigenvalue weighted by Gasteiger charge is -2.32. The molecule has 35 heavy (non-hydrogen) atoms. The molecule has 0 fully saturated rings. The van der Waals surface area contributed by atoms with Gasteiger partial charge in [0.05, 0.1) is 11.8 Å². The van der Waals surface area contributed by atoms with E-state index >= 15 is 0 Å². The van der Waals surface area contributed by atoms with Gasteiger partial charge in [-0.15, -0.1) is 0 Å². The molecule has 3 aromatic rings. The van der Waals surface area contributed by atoms with Gasteiger partial charge < -0.3 is 9.80 Å². The Morgan fingerprint density at radius 1 is 1.00 bits per heavy atom. The van der Waals surface area contributed by atoms with Crippen molar-refractivity contribution in [1.82, 2.24) is 4.90 Å². The van der Waals surface area contributed by atoms with Crippen LogP contribution in [-0.2, 0) is 16.6 Å². The summed E-state index contributed by atoms with van der Waals surface area (Å²) in [5, 5.41) is 0. The van der Waals surface area contributed by atoms with E-state index in [0.29, 0.717) is 17.7 Å². The van der Waals surface area contributed by atoms with Crippen molar-refractivity contribution in [3.8, 4) is 0 Å². The summed E-state index contributed by atoms with van der Waals surface area (Å²) < 4.78 is 40.8. The second-order valence-electron chi connectivity index (χ2n) is 8.69. The number of hydrogen-bond acceptors (Lipinski definition) is 4. The normalized spacial score (nSPS) is 12.1. The highest BCUT2D eigenvalue weighted by Crippen LogP contribution is 2.30. The van der Waals surface area contributed by atoms with Crippen LogP contribution in [0.25, 0.3) is 0 Å². The molecule has 0 aliphatic carbocycles. The molecule has 0 spiro atoms. The lowest BCUT2D eigenvalue weighted by atomic mass is 10.0. The van der Waals surface area contributed by atoms with Crippen molar-refractivity contribution in [2.45, 2.75) is 32.9 Å². The largest absolute Gasteiger partial charge is 0.377 e. The molecule has 0 aliphatic heterocycles. The molecule has 0 aromatic heterocycles. The fourth-order valence-electron chi connectivity index (χ4n) is 3.95. The van der Waals surface area contributed by atoms with E-state index < -0.39 is 15.8 Å². The van der Waals surface area contributed by atoms with Gasteiger partial charge in [-0.25, -0.2) is 12.8 Å². The summed E-state index contributed by atoms with van der Waals surface area (Å²) in [6, 6.07) is 20.2. The van der Waals surface area contributed by atoms with Crippen LogP contribution in [0.15, 0.2) is 72.8 Å². The van der Waals surface area contributed by atoms with Crippen LogP contribution in [0.4, 0.5) is 15.8 Å². The molecule has 0 aliphatic rings. The molecule has 6 nitrogen and oxygen atoms in total. The first-order valence-electron chi connectivity index (χ1n) is 11.5. The molecule has 186 valence electrons. The van der Waals surface area contributed by atoms with E-state index in [1.54, 1.807) is 17.0 Å². The number of halogens is 1. The molecule has 3 rings (SSSR count). The third kappa shape index (κ3) is 6.82. The fourth-order valence-corrected chi connectivity index (χ4v) is 5.07. The third-order valence-electron chi connectivity index (χ3n) is 5.75. The topological polar surface area (TPSA) is 69.7 Å². The lowest BCUT2D eigenvalue weighted by molar-refractivity contribution is 0.0674. The van der Waals surface area contributed by atoms with Gasteiger partial charge in [-0.1, -0.05) is 37.3 Å². The van der Waals surface area contributed by atoms with Gasteiger partial charge >= 0.3 is 0 Å². The minimum absolute atomic E-state index is 0.0258. The van der Waals surface area contributed by atoms with Gasteiger partial charge in [0.1, 0.15) is 5.82 Å². The molecule has 1 N–H and O–H groups in total. The first kappa shape index (κ1) is 26.2. The Balaban J connectivity index is 2.04. The number of benzene rings is 3. The molecule has 8 heteroatoms. The van der Waals surface area contributed by atoms with E-state index in [4.69, 9.17) is 0 Å². The summed E-state index contributed by atoms with van der Waals surface area (Å²) in [5.74, 6) is -0.632. The van der Waals surface area contributed by atoms with Crippen molar-refractivity contribution in [2.24, 2.45) is 0 Å². The number of carbonyl (C=O) groups is 1. The van der Waals surface area contributed by atoms with E-state index in [-0.39, 0.29) is 24.2 Å². The second-order valence-corrected chi connectivity index (χ2v) is 10.5. The molecule has 0 saturated heterocycles. The lowest BCUT2D eigenvalue weighted by Crippen LogP contribution is -2.33. The summed E-state index contributed by atoms with van der Waals surface area (Å²) >= 11 is 0. The minimum atomic E-state index is -3.47. The van der Waals surface area contributed by atoms with Crippen LogP contribution in [-0.4, -0.2) is 39.1 Å². The molecule has 1 atom stereocenters. The van der Waals surface area contributed by atoms with Gasteiger partial charge in [-0.2, -0.15) is 0 Å². The van der Waals surface area contributed by atoms with Gasteiger partial charge in [-0.05, 0) is 66.9 Å². The Kier molecular flexibility index (Phi) is 8.51. The average Bonchev–Trinajstić information content (AvgIpc) is 2.82. The maximum atomic E-state index is 13.6. The van der Waals surface area contributed by atoms with Crippen molar-refractivity contribution in [2.75, 3.05) is 29.5 Å². The van der Waals surface area contributed by atoms with Crippen molar-refractivity contribution >= 4 is 27.3 Å². The fraction of sp³-hybridized carbons (Fsp3) is 0.296. The van der Waals surface area contributed by atoms with Crippen molar-refractivity contribution < 1.29 is 17.6 Å². The first-order valence-corrected chi connectivity index (χ1v) is 13.2. The number of nitrogens with zero attached hydrogens (tertiary/aromatic N) is 2. The number of anilines is 2. The quantitative estimate of drug-likeness (QED) is 0.405. The van der Waals surface area contributed by atoms with Crippen LogP contribution in [0.5, 0.6) is 0 Å². The van der Waals surface area contributed by atoms with Crippen molar-refractivity contribution in [3.05, 3.63) is 95.3 Å². The van der Waals surface area contributed by atoms with Gasteiger partial charge in [0.15, 0.2) is 0 Å². The van der Waals surface area contributed by atoms with E-state index in [2.05, 4.69) is 4.72 Å². The Morgan fingerprint density at radius 3 is 2.26 bits per heavy atom. The SMILES string of the molecule is CCCS(=O)(=O)Nc1ccc(N(C)C)c(CN(C(=O)c2ccc(F)cc2)[C@H](C)c2ccccc2)c1. The maximum absolute atomic E-state index is 13.6. The Labute approximate surface area is 207 Å². The molecule has 0 radical (unpaired) electrons. The first-order chi connectivity index (χ1) is 16.6. The summed E-state index contributed by atoms with van der Waals surface area (Å²) in [5.41, 5.74) is 3.42. The zero-order valence-corrected chi connectivity index (χ0v) is 21.3.